The SMILES string of the molecule is c1ccc(-c2ccc(-c3ccc(N(c4ccc5c(c4)oc4ccccc45)c4cccc5c4C46c7c(cccc7N(c7ccccc7)c7ccccc7)CC4CCC6C5)cc3)cc2)cc1. The van der Waals surface area contributed by atoms with Crippen molar-refractivity contribution < 1.29 is 4.42 Å². The lowest BCUT2D eigenvalue weighted by molar-refractivity contribution is 0.350. The van der Waals surface area contributed by atoms with Crippen molar-refractivity contribution in [2.75, 3.05) is 9.80 Å². The molecule has 3 nitrogen and oxygen atoms in total. The zero-order valence-corrected chi connectivity index (χ0v) is 35.6. The Labute approximate surface area is 374 Å². The predicted octanol–water partition coefficient (Wildman–Crippen LogP) is 16.3. The van der Waals surface area contributed by atoms with E-state index in [1.165, 1.54) is 80.1 Å². The molecule has 1 saturated carbocycles. The number of anilines is 6. The third-order valence-electron chi connectivity index (χ3n) is 14.8. The first kappa shape index (κ1) is 37.0. The highest BCUT2D eigenvalue weighted by Gasteiger charge is 2.62. The lowest BCUT2D eigenvalue weighted by Gasteiger charge is -2.40. The third-order valence-corrected chi connectivity index (χ3v) is 14.8. The van der Waals surface area contributed by atoms with Gasteiger partial charge < -0.3 is 14.2 Å². The van der Waals surface area contributed by atoms with Crippen molar-refractivity contribution in [1.29, 1.82) is 0 Å². The third kappa shape index (κ3) is 5.67. The Morgan fingerprint density at radius 3 is 1.38 bits per heavy atom. The van der Waals surface area contributed by atoms with Crippen molar-refractivity contribution in [2.45, 2.75) is 31.1 Å². The summed E-state index contributed by atoms with van der Waals surface area (Å²) in [4.78, 5) is 5.05. The zero-order valence-electron chi connectivity index (χ0n) is 35.6. The summed E-state index contributed by atoms with van der Waals surface area (Å²) in [5, 5.41) is 2.28. The summed E-state index contributed by atoms with van der Waals surface area (Å²) >= 11 is 0. The summed E-state index contributed by atoms with van der Waals surface area (Å²) in [6.07, 6.45) is 4.63. The molecule has 306 valence electrons. The molecule has 3 aliphatic carbocycles. The summed E-state index contributed by atoms with van der Waals surface area (Å²) in [5.41, 5.74) is 19.6. The number of hydrogen-bond acceptors (Lipinski definition) is 3. The Morgan fingerprint density at radius 2 is 0.797 bits per heavy atom. The molecule has 3 unspecified atom stereocenters. The fourth-order valence-corrected chi connectivity index (χ4v) is 12.2. The molecule has 3 heteroatoms. The van der Waals surface area contributed by atoms with E-state index in [1.807, 2.05) is 0 Å². The fourth-order valence-electron chi connectivity index (χ4n) is 12.2. The summed E-state index contributed by atoms with van der Waals surface area (Å²) in [6, 6.07) is 80.2. The lowest BCUT2D eigenvalue weighted by atomic mass is 9.68. The minimum absolute atomic E-state index is 0.151. The van der Waals surface area contributed by atoms with E-state index in [9.17, 15) is 0 Å². The molecule has 3 atom stereocenters. The molecule has 64 heavy (non-hydrogen) atoms. The average molecular weight is 823 g/mol. The van der Waals surface area contributed by atoms with Gasteiger partial charge in [-0.3, -0.25) is 0 Å². The van der Waals surface area contributed by atoms with Crippen molar-refractivity contribution in [3.63, 3.8) is 0 Å². The van der Waals surface area contributed by atoms with E-state index in [0.29, 0.717) is 11.8 Å². The van der Waals surface area contributed by atoms with Crippen molar-refractivity contribution in [3.8, 4) is 22.3 Å². The maximum absolute atomic E-state index is 6.60. The van der Waals surface area contributed by atoms with Crippen LogP contribution in [-0.2, 0) is 18.3 Å². The molecule has 0 N–H and O–H groups in total. The first-order valence-electron chi connectivity index (χ1n) is 22.8. The molecule has 0 aliphatic heterocycles. The van der Waals surface area contributed by atoms with Gasteiger partial charge in [-0.05, 0) is 149 Å². The maximum Gasteiger partial charge on any atom is 0.137 e. The number of rotatable bonds is 8. The van der Waals surface area contributed by atoms with E-state index in [-0.39, 0.29) is 5.41 Å². The van der Waals surface area contributed by atoms with Crippen LogP contribution in [0.2, 0.25) is 0 Å². The molecular formula is C61H46N2O. The number of benzene rings is 9. The fraction of sp³-hybridized carbons (Fsp3) is 0.115. The second kappa shape index (κ2) is 14.7. The smallest absolute Gasteiger partial charge is 0.137 e. The van der Waals surface area contributed by atoms with E-state index in [1.54, 1.807) is 0 Å². The highest BCUT2D eigenvalue weighted by Crippen LogP contribution is 2.69. The monoisotopic (exact) mass is 822 g/mol. The summed E-state index contributed by atoms with van der Waals surface area (Å²) in [5.74, 6) is 1.01. The average Bonchev–Trinajstić information content (AvgIpc) is 4.10. The number of hydrogen-bond donors (Lipinski definition) is 0. The molecule has 0 bridgehead atoms. The van der Waals surface area contributed by atoms with Crippen molar-refractivity contribution in [2.24, 2.45) is 11.8 Å². The number of fused-ring (bicyclic) bond motifs is 5. The summed E-state index contributed by atoms with van der Waals surface area (Å²) in [7, 11) is 0. The zero-order chi connectivity index (χ0) is 42.2. The van der Waals surface area contributed by atoms with Crippen LogP contribution in [-0.4, -0.2) is 0 Å². The van der Waals surface area contributed by atoms with Crippen LogP contribution < -0.4 is 9.80 Å². The van der Waals surface area contributed by atoms with E-state index in [0.717, 1.165) is 46.2 Å². The van der Waals surface area contributed by atoms with Gasteiger partial charge in [0.05, 0.1) is 11.4 Å². The van der Waals surface area contributed by atoms with Gasteiger partial charge in [0.25, 0.3) is 0 Å². The molecule has 1 aromatic heterocycles. The molecule has 1 spiro atoms. The van der Waals surface area contributed by atoms with Gasteiger partial charge >= 0.3 is 0 Å². The minimum Gasteiger partial charge on any atom is -0.456 e. The Balaban J connectivity index is 1.00. The maximum atomic E-state index is 6.60. The van der Waals surface area contributed by atoms with Crippen molar-refractivity contribution in [1.82, 2.24) is 0 Å². The molecule has 9 aromatic carbocycles. The van der Waals surface area contributed by atoms with Crippen LogP contribution in [0.5, 0.6) is 0 Å². The highest BCUT2D eigenvalue weighted by molar-refractivity contribution is 6.06. The topological polar surface area (TPSA) is 19.6 Å². The van der Waals surface area contributed by atoms with Gasteiger partial charge in [-0.1, -0.05) is 146 Å². The van der Waals surface area contributed by atoms with E-state index < -0.39 is 0 Å². The van der Waals surface area contributed by atoms with E-state index in [4.69, 9.17) is 4.42 Å². The number of nitrogens with zero attached hydrogens (tertiary/aromatic N) is 2. The van der Waals surface area contributed by atoms with Crippen LogP contribution in [0.4, 0.5) is 34.1 Å². The Morgan fingerprint density at radius 1 is 0.359 bits per heavy atom. The second-order valence-corrected chi connectivity index (χ2v) is 18.0. The number of furan rings is 1. The normalized spacial score (nSPS) is 18.1. The number of para-hydroxylation sites is 3. The van der Waals surface area contributed by atoms with E-state index in [2.05, 4.69) is 228 Å². The first-order chi connectivity index (χ1) is 31.7. The predicted molar refractivity (Wildman–Crippen MR) is 265 cm³/mol. The van der Waals surface area contributed by atoms with Crippen LogP contribution in [0.15, 0.2) is 223 Å². The van der Waals surface area contributed by atoms with E-state index >= 15 is 0 Å². The van der Waals surface area contributed by atoms with Gasteiger partial charge in [0.2, 0.25) is 0 Å². The molecule has 10 aromatic rings. The molecular weight excluding hydrogens is 777 g/mol. The van der Waals surface area contributed by atoms with Crippen LogP contribution in [0, 0.1) is 11.8 Å². The quantitative estimate of drug-likeness (QED) is 0.152. The van der Waals surface area contributed by atoms with Gasteiger partial charge in [0, 0.05) is 45.0 Å². The lowest BCUT2D eigenvalue weighted by Crippen LogP contribution is -2.34. The van der Waals surface area contributed by atoms with Crippen molar-refractivity contribution in [3.05, 3.63) is 241 Å². The van der Waals surface area contributed by atoms with Gasteiger partial charge in [-0.15, -0.1) is 0 Å². The molecule has 1 fully saturated rings. The van der Waals surface area contributed by atoms with Crippen molar-refractivity contribution >= 4 is 56.1 Å². The Hall–Kier alpha value is -7.62. The minimum atomic E-state index is -0.151. The first-order valence-corrected chi connectivity index (χ1v) is 22.8. The van der Waals surface area contributed by atoms with Crippen LogP contribution >= 0.6 is 0 Å². The van der Waals surface area contributed by atoms with Gasteiger partial charge in [0.1, 0.15) is 11.2 Å². The highest BCUT2D eigenvalue weighted by atomic mass is 16.3. The second-order valence-electron chi connectivity index (χ2n) is 18.0. The van der Waals surface area contributed by atoms with Gasteiger partial charge in [-0.2, -0.15) is 0 Å². The standard InChI is InChI=1S/C61H46N2O/c1-4-14-41(15-5-1)42-26-28-43(29-27-42)44-30-34-51(35-31-44)63(52-36-37-54-53-22-10-11-25-57(53)64-58(54)40-52)56-24-13-17-46-39-48-33-32-47-38-45-16-12-23-55(59(45)61(47,48)60(46)56)62(49-18-6-2-7-19-49)50-20-8-3-9-21-50/h1-31,34-37,40,47-48H,32-33,38-39H2. The molecule has 0 amide bonds. The molecule has 3 aliphatic rings. The summed E-state index contributed by atoms with van der Waals surface area (Å²) in [6.45, 7) is 0. The molecule has 13 rings (SSSR count). The van der Waals surface area contributed by atoms with Gasteiger partial charge in [0.15, 0.2) is 0 Å². The largest absolute Gasteiger partial charge is 0.456 e. The molecule has 0 radical (unpaired) electrons. The van der Waals surface area contributed by atoms with Crippen LogP contribution in [0.25, 0.3) is 44.2 Å². The van der Waals surface area contributed by atoms with Gasteiger partial charge in [-0.25, -0.2) is 0 Å². The van der Waals surface area contributed by atoms with Crippen LogP contribution in [0.1, 0.15) is 35.1 Å². The Bertz CT molecular complexity index is 3290. The summed E-state index contributed by atoms with van der Waals surface area (Å²) < 4.78 is 6.60. The molecule has 1 heterocycles. The van der Waals surface area contributed by atoms with Crippen LogP contribution in [0.3, 0.4) is 0 Å². The Kier molecular flexibility index (Phi) is 8.52. The molecule has 0 saturated heterocycles.